The summed E-state index contributed by atoms with van der Waals surface area (Å²) in [6.07, 6.45) is 1.67. The summed E-state index contributed by atoms with van der Waals surface area (Å²) in [5.74, 6) is -1.06. The van der Waals surface area contributed by atoms with Crippen LogP contribution in [-0.2, 0) is 6.42 Å². The lowest BCUT2D eigenvalue weighted by Crippen LogP contribution is -2.51. The standard InChI is InChI=1S/C25H23FN6O4/c1-15-22(14-36-30-15)27-25(35)32-10-8-31(9-11-32)24(34)19-12-16(6-7-20(19)26)13-21-17-4-2-3-5-18(17)23(33)29-28-21/h2-7,12,14H,8-11,13H2,1H3,(H,27,35)(H,29,33). The molecule has 10 nitrogen and oxygen atoms in total. The first-order chi connectivity index (χ1) is 17.4. The van der Waals surface area contributed by atoms with E-state index >= 15 is 0 Å². The van der Waals surface area contributed by atoms with Crippen molar-refractivity contribution in [3.05, 3.63) is 87.4 Å². The first kappa shape index (κ1) is 23.2. The van der Waals surface area contributed by atoms with E-state index in [1.165, 1.54) is 23.3 Å². The molecule has 2 N–H and O–H groups in total. The molecule has 1 saturated heterocycles. The summed E-state index contributed by atoms with van der Waals surface area (Å²) < 4.78 is 19.5. The van der Waals surface area contributed by atoms with Crippen LogP contribution in [0.5, 0.6) is 0 Å². The molecule has 36 heavy (non-hydrogen) atoms. The largest absolute Gasteiger partial charge is 0.362 e. The average molecular weight is 490 g/mol. The molecule has 0 radical (unpaired) electrons. The highest BCUT2D eigenvalue weighted by molar-refractivity contribution is 5.95. The first-order valence-corrected chi connectivity index (χ1v) is 11.4. The number of halogens is 1. The van der Waals surface area contributed by atoms with Crippen LogP contribution in [0.1, 0.15) is 27.3 Å². The van der Waals surface area contributed by atoms with Crippen LogP contribution in [-0.4, -0.2) is 63.3 Å². The zero-order chi connectivity index (χ0) is 25.2. The van der Waals surface area contributed by atoms with Gasteiger partial charge in [0.2, 0.25) is 0 Å². The summed E-state index contributed by atoms with van der Waals surface area (Å²) in [5, 5.41) is 14.3. The van der Waals surface area contributed by atoms with E-state index in [0.717, 1.165) is 0 Å². The molecule has 0 unspecified atom stereocenters. The zero-order valence-electron chi connectivity index (χ0n) is 19.5. The number of hydrogen-bond acceptors (Lipinski definition) is 6. The molecule has 184 valence electrons. The van der Waals surface area contributed by atoms with Crippen LogP contribution in [0.3, 0.4) is 0 Å². The number of nitrogens with one attached hydrogen (secondary N) is 2. The SMILES string of the molecule is Cc1nocc1NC(=O)N1CCN(C(=O)c2cc(Cc3n[nH]c(=O)c4ccccc34)ccc2F)CC1. The van der Waals surface area contributed by atoms with E-state index in [1.807, 2.05) is 12.1 Å². The van der Waals surface area contributed by atoms with Crippen LogP contribution in [0.4, 0.5) is 14.9 Å². The zero-order valence-corrected chi connectivity index (χ0v) is 19.5. The Morgan fingerprint density at radius 1 is 1.08 bits per heavy atom. The Hall–Kier alpha value is -4.54. The summed E-state index contributed by atoms with van der Waals surface area (Å²) in [7, 11) is 0. The minimum absolute atomic E-state index is 0.0424. The number of H-pyrrole nitrogens is 1. The van der Waals surface area contributed by atoms with Crippen LogP contribution in [0.25, 0.3) is 10.8 Å². The molecule has 1 fully saturated rings. The number of aromatic amines is 1. The molecule has 2 aromatic heterocycles. The highest BCUT2D eigenvalue weighted by Gasteiger charge is 2.27. The number of fused-ring (bicyclic) bond motifs is 1. The van der Waals surface area contributed by atoms with Crippen molar-refractivity contribution in [2.24, 2.45) is 0 Å². The Morgan fingerprint density at radius 3 is 2.53 bits per heavy atom. The summed E-state index contributed by atoms with van der Waals surface area (Å²) in [5.41, 5.74) is 2.04. The van der Waals surface area contributed by atoms with Gasteiger partial charge >= 0.3 is 6.03 Å². The second kappa shape index (κ2) is 9.61. The lowest BCUT2D eigenvalue weighted by Gasteiger charge is -2.34. The van der Waals surface area contributed by atoms with Crippen molar-refractivity contribution in [1.82, 2.24) is 25.2 Å². The number of hydrogen-bond donors (Lipinski definition) is 2. The second-order valence-electron chi connectivity index (χ2n) is 8.56. The number of urea groups is 1. The van der Waals surface area contributed by atoms with E-state index in [2.05, 4.69) is 20.7 Å². The Balaban J connectivity index is 1.28. The summed E-state index contributed by atoms with van der Waals surface area (Å²) in [6.45, 7) is 2.86. The third-order valence-electron chi connectivity index (χ3n) is 6.25. The fourth-order valence-electron chi connectivity index (χ4n) is 4.24. The van der Waals surface area contributed by atoms with Gasteiger partial charge in [0.05, 0.1) is 16.6 Å². The van der Waals surface area contributed by atoms with E-state index in [1.54, 1.807) is 30.0 Å². The smallest absolute Gasteiger partial charge is 0.322 e. The third-order valence-corrected chi connectivity index (χ3v) is 6.25. The summed E-state index contributed by atoms with van der Waals surface area (Å²) in [6, 6.07) is 11.2. The summed E-state index contributed by atoms with van der Waals surface area (Å²) >= 11 is 0. The Bertz CT molecular complexity index is 1510. The topological polar surface area (TPSA) is 124 Å². The maximum absolute atomic E-state index is 14.7. The molecule has 0 atom stereocenters. The maximum atomic E-state index is 14.7. The van der Waals surface area contributed by atoms with E-state index in [4.69, 9.17) is 4.52 Å². The number of rotatable bonds is 4. The van der Waals surface area contributed by atoms with E-state index < -0.39 is 11.7 Å². The van der Waals surface area contributed by atoms with Gasteiger partial charge in [0, 0.05) is 38.0 Å². The Morgan fingerprint density at radius 2 is 1.81 bits per heavy atom. The van der Waals surface area contributed by atoms with Gasteiger partial charge in [-0.1, -0.05) is 29.4 Å². The molecule has 3 heterocycles. The van der Waals surface area contributed by atoms with E-state index in [-0.39, 0.29) is 30.2 Å². The van der Waals surface area contributed by atoms with Crippen molar-refractivity contribution in [3.8, 4) is 0 Å². The molecule has 0 bridgehead atoms. The number of nitrogens with zero attached hydrogens (tertiary/aromatic N) is 4. The Labute approximate surface area is 204 Å². The molecule has 1 aliphatic heterocycles. The molecule has 0 saturated carbocycles. The molecule has 3 amide bonds. The van der Waals surface area contributed by atoms with Crippen molar-refractivity contribution in [1.29, 1.82) is 0 Å². The van der Waals surface area contributed by atoms with Gasteiger partial charge in [0.15, 0.2) is 0 Å². The number of benzene rings is 2. The fraction of sp³-hybridized carbons (Fsp3) is 0.240. The first-order valence-electron chi connectivity index (χ1n) is 11.4. The number of carbonyl (C=O) groups excluding carboxylic acids is 2. The van der Waals surface area contributed by atoms with Gasteiger partial charge in [-0.15, -0.1) is 0 Å². The predicted octanol–water partition coefficient (Wildman–Crippen LogP) is 2.94. The van der Waals surface area contributed by atoms with Crippen molar-refractivity contribution < 1.29 is 18.5 Å². The van der Waals surface area contributed by atoms with E-state index in [0.29, 0.717) is 52.9 Å². The Kier molecular flexibility index (Phi) is 6.19. The van der Waals surface area contributed by atoms with Gasteiger partial charge in [-0.25, -0.2) is 14.3 Å². The number of amides is 3. The quantitative estimate of drug-likeness (QED) is 0.453. The lowest BCUT2D eigenvalue weighted by atomic mass is 10.0. The van der Waals surface area contributed by atoms with Crippen molar-refractivity contribution >= 4 is 28.4 Å². The minimum Gasteiger partial charge on any atom is -0.362 e. The van der Waals surface area contributed by atoms with Crippen molar-refractivity contribution in [2.75, 3.05) is 31.5 Å². The minimum atomic E-state index is -0.619. The molecule has 5 rings (SSSR count). The van der Waals surface area contributed by atoms with Crippen LogP contribution in [0.2, 0.25) is 0 Å². The number of aryl methyl sites for hydroxylation is 1. The molecule has 11 heteroatoms. The van der Waals surface area contributed by atoms with Crippen LogP contribution < -0.4 is 10.9 Å². The number of piperazine rings is 1. The highest BCUT2D eigenvalue weighted by atomic mass is 19.1. The van der Waals surface area contributed by atoms with Gasteiger partial charge in [-0.05, 0) is 30.7 Å². The molecule has 0 aliphatic carbocycles. The van der Waals surface area contributed by atoms with Gasteiger partial charge in [0.25, 0.3) is 11.5 Å². The molecule has 1 aliphatic rings. The highest BCUT2D eigenvalue weighted by Crippen LogP contribution is 2.20. The number of carbonyl (C=O) groups is 2. The molecule has 0 spiro atoms. The molecular formula is C25H23FN6O4. The molecule has 4 aromatic rings. The maximum Gasteiger partial charge on any atom is 0.322 e. The normalized spacial score (nSPS) is 13.7. The second-order valence-corrected chi connectivity index (χ2v) is 8.56. The molecular weight excluding hydrogens is 467 g/mol. The number of anilines is 1. The third kappa shape index (κ3) is 4.54. The molecule has 2 aromatic carbocycles. The van der Waals surface area contributed by atoms with Crippen molar-refractivity contribution in [2.45, 2.75) is 13.3 Å². The van der Waals surface area contributed by atoms with Gasteiger partial charge in [-0.2, -0.15) is 5.10 Å². The average Bonchev–Trinajstić information content (AvgIpc) is 3.30. The van der Waals surface area contributed by atoms with E-state index in [9.17, 15) is 18.8 Å². The fourth-order valence-corrected chi connectivity index (χ4v) is 4.24. The van der Waals surface area contributed by atoms with Crippen LogP contribution >= 0.6 is 0 Å². The van der Waals surface area contributed by atoms with Gasteiger partial charge in [0.1, 0.15) is 23.5 Å². The number of aromatic nitrogens is 3. The predicted molar refractivity (Wildman–Crippen MR) is 129 cm³/mol. The van der Waals surface area contributed by atoms with Crippen LogP contribution in [0, 0.1) is 12.7 Å². The monoisotopic (exact) mass is 490 g/mol. The summed E-state index contributed by atoms with van der Waals surface area (Å²) in [4.78, 5) is 40.8. The van der Waals surface area contributed by atoms with Crippen LogP contribution in [0.15, 0.2) is 58.0 Å². The van der Waals surface area contributed by atoms with Gasteiger partial charge < -0.3 is 19.6 Å². The van der Waals surface area contributed by atoms with Crippen molar-refractivity contribution in [3.63, 3.8) is 0 Å². The lowest BCUT2D eigenvalue weighted by molar-refractivity contribution is 0.0667. The van der Waals surface area contributed by atoms with Gasteiger partial charge in [-0.3, -0.25) is 9.59 Å².